The van der Waals surface area contributed by atoms with Crippen LogP contribution in [0.1, 0.15) is 13.8 Å². The third kappa shape index (κ3) is 3.50. The van der Waals surface area contributed by atoms with Gasteiger partial charge in [-0.3, -0.25) is 0 Å². The molecule has 0 aliphatic carbocycles. The second kappa shape index (κ2) is 6.25. The molecule has 0 saturated heterocycles. The van der Waals surface area contributed by atoms with Gasteiger partial charge in [-0.1, -0.05) is 0 Å². The van der Waals surface area contributed by atoms with E-state index in [-0.39, 0.29) is 11.0 Å². The van der Waals surface area contributed by atoms with Gasteiger partial charge < -0.3 is 5.11 Å². The average molecular weight is 358 g/mol. The predicted molar refractivity (Wildman–Crippen MR) is 70.2 cm³/mol. The Kier molecular flexibility index (Phi) is 5.43. The quantitative estimate of drug-likeness (QED) is 0.877. The minimum Gasteiger partial charge on any atom is -0.395 e. The molecule has 1 aromatic rings. The number of nitrogens with zero attached hydrogens (tertiary/aromatic N) is 1. The van der Waals surface area contributed by atoms with Gasteiger partial charge in [0.2, 0.25) is 10.0 Å². The van der Waals surface area contributed by atoms with Crippen LogP contribution in [0.3, 0.4) is 0 Å². The van der Waals surface area contributed by atoms with Crippen LogP contribution >= 0.6 is 15.9 Å². The third-order valence-corrected chi connectivity index (χ3v) is 5.47. The van der Waals surface area contributed by atoms with E-state index in [9.17, 15) is 17.2 Å². The van der Waals surface area contributed by atoms with Crippen LogP contribution in [0.15, 0.2) is 21.5 Å². The summed E-state index contributed by atoms with van der Waals surface area (Å²) in [5, 5.41) is 8.91. The lowest BCUT2D eigenvalue weighted by atomic mass is 10.3. The fraction of sp³-hybridized carbons (Fsp3) is 0.455. The number of rotatable bonds is 5. The Morgan fingerprint density at radius 1 is 1.37 bits per heavy atom. The molecular formula is C11H14BrF2NO3S. The van der Waals surface area contributed by atoms with E-state index in [4.69, 9.17) is 5.11 Å². The second-order valence-corrected chi connectivity index (χ2v) is 6.81. The molecule has 0 aromatic heterocycles. The molecule has 4 nitrogen and oxygen atoms in total. The largest absolute Gasteiger partial charge is 0.395 e. The third-order valence-electron chi connectivity index (χ3n) is 2.43. The van der Waals surface area contributed by atoms with E-state index in [1.807, 2.05) is 0 Å². The van der Waals surface area contributed by atoms with Crippen LogP contribution in [0.5, 0.6) is 0 Å². The van der Waals surface area contributed by atoms with E-state index in [2.05, 4.69) is 15.9 Å². The smallest absolute Gasteiger partial charge is 0.247 e. The van der Waals surface area contributed by atoms with E-state index >= 15 is 0 Å². The monoisotopic (exact) mass is 357 g/mol. The number of hydrogen-bond acceptors (Lipinski definition) is 3. The van der Waals surface area contributed by atoms with Crippen LogP contribution in [-0.4, -0.2) is 37.0 Å². The Labute approximate surface area is 119 Å². The molecule has 0 unspecified atom stereocenters. The van der Waals surface area contributed by atoms with Crippen molar-refractivity contribution in [2.24, 2.45) is 0 Å². The van der Waals surface area contributed by atoms with Crippen LogP contribution in [0.25, 0.3) is 0 Å². The minimum atomic E-state index is -4.16. The molecule has 0 spiro atoms. The summed E-state index contributed by atoms with van der Waals surface area (Å²) < 4.78 is 52.2. The van der Waals surface area contributed by atoms with Crippen molar-refractivity contribution >= 4 is 26.0 Å². The zero-order valence-corrected chi connectivity index (χ0v) is 12.8. The summed E-state index contributed by atoms with van der Waals surface area (Å²) in [6.07, 6.45) is 0. The molecule has 0 amide bonds. The van der Waals surface area contributed by atoms with Gasteiger partial charge in [0.05, 0.1) is 6.61 Å². The van der Waals surface area contributed by atoms with Crippen molar-refractivity contribution in [2.75, 3.05) is 13.2 Å². The molecule has 0 saturated carbocycles. The van der Waals surface area contributed by atoms with Crippen molar-refractivity contribution in [2.45, 2.75) is 24.8 Å². The van der Waals surface area contributed by atoms with E-state index in [0.717, 1.165) is 10.4 Å². The van der Waals surface area contributed by atoms with Gasteiger partial charge in [-0.2, -0.15) is 4.31 Å². The molecule has 1 N–H and O–H groups in total. The van der Waals surface area contributed by atoms with Gasteiger partial charge in [-0.15, -0.1) is 0 Å². The van der Waals surface area contributed by atoms with Crippen molar-refractivity contribution in [1.29, 1.82) is 0 Å². The number of aliphatic hydroxyl groups excluding tert-OH is 1. The first-order valence-corrected chi connectivity index (χ1v) is 7.72. The maximum Gasteiger partial charge on any atom is 0.247 e. The fourth-order valence-corrected chi connectivity index (χ4v) is 4.39. The Hall–Kier alpha value is -0.570. The highest BCUT2D eigenvalue weighted by Crippen LogP contribution is 2.29. The molecule has 19 heavy (non-hydrogen) atoms. The highest BCUT2D eigenvalue weighted by Gasteiger charge is 2.31. The number of halogens is 3. The Balaban J connectivity index is 3.42. The summed E-state index contributed by atoms with van der Waals surface area (Å²) in [6.45, 7) is 2.65. The maximum absolute atomic E-state index is 13.7. The zero-order valence-electron chi connectivity index (χ0n) is 10.4. The number of sulfonamides is 1. The molecule has 0 fully saturated rings. The lowest BCUT2D eigenvalue weighted by Gasteiger charge is -2.25. The van der Waals surface area contributed by atoms with E-state index in [1.54, 1.807) is 13.8 Å². The summed E-state index contributed by atoms with van der Waals surface area (Å²) in [7, 11) is -4.16. The lowest BCUT2D eigenvalue weighted by Crippen LogP contribution is -2.39. The molecule has 0 bridgehead atoms. The van der Waals surface area contributed by atoms with E-state index in [0.29, 0.717) is 6.07 Å². The molecule has 1 rings (SSSR count). The summed E-state index contributed by atoms with van der Waals surface area (Å²) in [6, 6.07) is 0.927. The molecule has 0 atom stereocenters. The van der Waals surface area contributed by atoms with Gasteiger partial charge >= 0.3 is 0 Å². The van der Waals surface area contributed by atoms with Crippen molar-refractivity contribution < 1.29 is 22.3 Å². The normalized spacial score (nSPS) is 12.4. The number of hydrogen-bond donors (Lipinski definition) is 1. The molecule has 0 heterocycles. The van der Waals surface area contributed by atoms with Crippen molar-refractivity contribution in [3.63, 3.8) is 0 Å². The first kappa shape index (κ1) is 16.5. The SMILES string of the molecule is CC(C)N(CCO)S(=O)(=O)c1c(F)cc(F)cc1Br. The Bertz CT molecular complexity index is 540. The van der Waals surface area contributed by atoms with E-state index in [1.165, 1.54) is 0 Å². The first-order valence-electron chi connectivity index (χ1n) is 5.49. The van der Waals surface area contributed by atoms with Gasteiger partial charge in [-0.05, 0) is 35.8 Å². The molecule has 0 aliphatic heterocycles. The predicted octanol–water partition coefficient (Wildman–Crippen LogP) is 2.12. The maximum atomic E-state index is 13.7. The number of aliphatic hydroxyl groups is 1. The van der Waals surface area contributed by atoms with Crippen LogP contribution in [-0.2, 0) is 10.0 Å². The minimum absolute atomic E-state index is 0.163. The van der Waals surface area contributed by atoms with Crippen LogP contribution in [0.4, 0.5) is 8.78 Å². The van der Waals surface area contributed by atoms with Crippen LogP contribution < -0.4 is 0 Å². The van der Waals surface area contributed by atoms with Gasteiger partial charge in [-0.25, -0.2) is 17.2 Å². The Morgan fingerprint density at radius 2 is 1.95 bits per heavy atom. The number of benzene rings is 1. The highest BCUT2D eigenvalue weighted by molar-refractivity contribution is 9.10. The molecular weight excluding hydrogens is 344 g/mol. The van der Waals surface area contributed by atoms with Crippen LogP contribution in [0, 0.1) is 11.6 Å². The summed E-state index contributed by atoms with van der Waals surface area (Å²) in [4.78, 5) is -0.629. The lowest BCUT2D eigenvalue weighted by molar-refractivity contribution is 0.236. The van der Waals surface area contributed by atoms with Crippen molar-refractivity contribution in [3.8, 4) is 0 Å². The van der Waals surface area contributed by atoms with Gasteiger partial charge in [0.1, 0.15) is 16.5 Å². The summed E-state index contributed by atoms with van der Waals surface area (Å²) in [5.41, 5.74) is 0. The molecule has 0 radical (unpaired) electrons. The molecule has 8 heteroatoms. The van der Waals surface area contributed by atoms with Crippen molar-refractivity contribution in [3.05, 3.63) is 28.2 Å². The topological polar surface area (TPSA) is 57.6 Å². The first-order chi connectivity index (χ1) is 8.71. The zero-order chi connectivity index (χ0) is 14.8. The van der Waals surface area contributed by atoms with E-state index < -0.39 is 39.2 Å². The standard InChI is InChI=1S/C11H14BrF2NO3S/c1-7(2)15(3-4-16)19(17,18)11-9(12)5-8(13)6-10(11)14/h5-7,16H,3-4H2,1-2H3. The highest BCUT2D eigenvalue weighted by atomic mass is 79.9. The Morgan fingerprint density at radius 3 is 2.37 bits per heavy atom. The van der Waals surface area contributed by atoms with Crippen molar-refractivity contribution in [1.82, 2.24) is 4.31 Å². The molecule has 0 aliphatic rings. The molecule has 108 valence electrons. The van der Waals surface area contributed by atoms with Gasteiger partial charge in [0.15, 0.2) is 0 Å². The molecule has 1 aromatic carbocycles. The second-order valence-electron chi connectivity index (χ2n) is 4.13. The summed E-state index contributed by atoms with van der Waals surface area (Å²) in [5.74, 6) is -2.04. The summed E-state index contributed by atoms with van der Waals surface area (Å²) >= 11 is 2.85. The van der Waals surface area contributed by atoms with Crippen LogP contribution in [0.2, 0.25) is 0 Å². The van der Waals surface area contributed by atoms with Gasteiger partial charge in [0, 0.05) is 23.1 Å². The van der Waals surface area contributed by atoms with Gasteiger partial charge in [0.25, 0.3) is 0 Å². The average Bonchev–Trinajstić information content (AvgIpc) is 2.22. The fourth-order valence-electron chi connectivity index (χ4n) is 1.65.